The molecular formula is C40H41FN4O6. The van der Waals surface area contributed by atoms with Crippen LogP contribution in [0.4, 0.5) is 10.1 Å². The average Bonchev–Trinajstić information content (AvgIpc) is 3.67. The van der Waals surface area contributed by atoms with Crippen LogP contribution in [0.15, 0.2) is 91.0 Å². The van der Waals surface area contributed by atoms with Gasteiger partial charge in [-0.3, -0.25) is 9.59 Å². The van der Waals surface area contributed by atoms with Crippen molar-refractivity contribution in [3.8, 4) is 22.8 Å². The van der Waals surface area contributed by atoms with Gasteiger partial charge in [-0.1, -0.05) is 61.4 Å². The SMILES string of the molecule is COc1ccc2c(O[C@@H]3C[C@H]4C(=O)N[C@]5(C(=O)O)C[C@H]5/C=C\CCCCC[C@H](Nc5cccc(F)c5)C(=O)N4C3)cc(-c3ccccc3)nc2c1. The summed E-state index contributed by atoms with van der Waals surface area (Å²) < 4.78 is 26.3. The van der Waals surface area contributed by atoms with E-state index in [-0.39, 0.29) is 31.2 Å². The molecule has 2 amide bonds. The average molecular weight is 693 g/mol. The van der Waals surface area contributed by atoms with Gasteiger partial charge in [-0.15, -0.1) is 0 Å². The number of anilines is 1. The maximum absolute atomic E-state index is 14.5. The Labute approximate surface area is 295 Å². The first-order valence-corrected chi connectivity index (χ1v) is 17.5. The summed E-state index contributed by atoms with van der Waals surface area (Å²) in [7, 11) is 1.59. The zero-order valence-electron chi connectivity index (χ0n) is 28.4. The highest BCUT2D eigenvalue weighted by atomic mass is 19.1. The zero-order chi connectivity index (χ0) is 35.5. The van der Waals surface area contributed by atoms with Crippen LogP contribution in [0.5, 0.6) is 11.5 Å². The van der Waals surface area contributed by atoms with E-state index in [1.54, 1.807) is 19.2 Å². The van der Waals surface area contributed by atoms with E-state index in [0.29, 0.717) is 34.8 Å². The fourth-order valence-electron chi connectivity index (χ4n) is 7.26. The van der Waals surface area contributed by atoms with Gasteiger partial charge in [0, 0.05) is 41.1 Å². The molecule has 0 bridgehead atoms. The molecule has 4 aromatic rings. The van der Waals surface area contributed by atoms with Crippen molar-refractivity contribution in [2.45, 2.75) is 68.7 Å². The number of fused-ring (bicyclic) bond motifs is 3. The van der Waals surface area contributed by atoms with Gasteiger partial charge >= 0.3 is 5.97 Å². The molecule has 1 saturated heterocycles. The molecule has 10 nitrogen and oxygen atoms in total. The number of aliphatic carboxylic acids is 1. The number of carboxylic acids is 1. The van der Waals surface area contributed by atoms with E-state index >= 15 is 0 Å². The number of methoxy groups -OCH3 is 1. The molecular weight excluding hydrogens is 651 g/mol. The van der Waals surface area contributed by atoms with Gasteiger partial charge < -0.3 is 30.1 Å². The Morgan fingerprint density at radius 1 is 1.04 bits per heavy atom. The maximum Gasteiger partial charge on any atom is 0.330 e. The molecule has 3 aliphatic rings. The predicted octanol–water partition coefficient (Wildman–Crippen LogP) is 6.36. The number of nitrogens with zero attached hydrogens (tertiary/aromatic N) is 2. The van der Waals surface area contributed by atoms with Crippen molar-refractivity contribution in [3.05, 3.63) is 96.8 Å². The van der Waals surface area contributed by atoms with Crippen molar-refractivity contribution in [3.63, 3.8) is 0 Å². The smallest absolute Gasteiger partial charge is 0.330 e. The van der Waals surface area contributed by atoms with E-state index < -0.39 is 41.4 Å². The Hall–Kier alpha value is -5.45. The molecule has 11 heteroatoms. The predicted molar refractivity (Wildman–Crippen MR) is 191 cm³/mol. The summed E-state index contributed by atoms with van der Waals surface area (Å²) in [5.41, 5.74) is 1.26. The second kappa shape index (κ2) is 14.4. The fourth-order valence-corrected chi connectivity index (χ4v) is 7.26. The van der Waals surface area contributed by atoms with Crippen molar-refractivity contribution in [2.75, 3.05) is 19.0 Å². The summed E-state index contributed by atoms with van der Waals surface area (Å²) in [4.78, 5) is 47.5. The summed E-state index contributed by atoms with van der Waals surface area (Å²) in [6.45, 7) is 0.0856. The van der Waals surface area contributed by atoms with Gasteiger partial charge in [-0.05, 0) is 56.0 Å². The number of benzene rings is 3. The third-order valence-electron chi connectivity index (χ3n) is 10.1. The first-order valence-electron chi connectivity index (χ1n) is 17.5. The third kappa shape index (κ3) is 7.24. The van der Waals surface area contributed by atoms with Crippen LogP contribution < -0.4 is 20.1 Å². The second-order valence-electron chi connectivity index (χ2n) is 13.6. The van der Waals surface area contributed by atoms with E-state index in [9.17, 15) is 23.9 Å². The van der Waals surface area contributed by atoms with Gasteiger partial charge in [0.1, 0.15) is 41.0 Å². The van der Waals surface area contributed by atoms with E-state index in [4.69, 9.17) is 14.5 Å². The largest absolute Gasteiger partial charge is 0.497 e. The summed E-state index contributed by atoms with van der Waals surface area (Å²) in [6.07, 6.45) is 7.38. The summed E-state index contributed by atoms with van der Waals surface area (Å²) >= 11 is 0. The molecule has 1 aliphatic carbocycles. The van der Waals surface area contributed by atoms with Crippen LogP contribution >= 0.6 is 0 Å². The lowest BCUT2D eigenvalue weighted by Gasteiger charge is -2.30. The number of carboxylic acid groups (broad SMARTS) is 1. The molecule has 1 aromatic heterocycles. The van der Waals surface area contributed by atoms with Crippen LogP contribution in [0.2, 0.25) is 0 Å². The number of hydrogen-bond donors (Lipinski definition) is 3. The Bertz CT molecular complexity index is 1970. The number of rotatable bonds is 7. The monoisotopic (exact) mass is 692 g/mol. The molecule has 264 valence electrons. The first kappa shape index (κ1) is 34.0. The molecule has 51 heavy (non-hydrogen) atoms. The molecule has 5 atom stereocenters. The lowest BCUT2D eigenvalue weighted by Crippen LogP contribution is -2.55. The van der Waals surface area contributed by atoms with Crippen LogP contribution in [0.25, 0.3) is 22.2 Å². The number of carbonyl (C=O) groups excluding carboxylic acids is 2. The fraction of sp³-hybridized carbons (Fsp3) is 0.350. The number of nitrogens with one attached hydrogen (secondary N) is 2. The topological polar surface area (TPSA) is 130 Å². The Balaban J connectivity index is 1.23. The van der Waals surface area contributed by atoms with Gasteiger partial charge in [-0.25, -0.2) is 14.2 Å². The van der Waals surface area contributed by atoms with E-state index in [1.165, 1.54) is 17.0 Å². The first-order chi connectivity index (χ1) is 24.7. The van der Waals surface area contributed by atoms with Crippen molar-refractivity contribution < 1.29 is 33.4 Å². The molecule has 7 rings (SSSR count). The number of carbonyl (C=O) groups is 3. The molecule has 0 unspecified atom stereocenters. The summed E-state index contributed by atoms with van der Waals surface area (Å²) in [5, 5.41) is 17.0. The molecule has 1 saturated carbocycles. The van der Waals surface area contributed by atoms with Gasteiger partial charge in [-0.2, -0.15) is 0 Å². The van der Waals surface area contributed by atoms with Crippen molar-refractivity contribution in [2.24, 2.45) is 5.92 Å². The quantitative estimate of drug-likeness (QED) is 0.191. The number of allylic oxidation sites excluding steroid dienone is 1. The molecule has 3 aromatic carbocycles. The molecule has 0 spiro atoms. The minimum atomic E-state index is -1.43. The number of aromatic nitrogens is 1. The molecule has 3 N–H and O–H groups in total. The number of pyridine rings is 1. The number of amides is 2. The van der Waals surface area contributed by atoms with Crippen LogP contribution in [-0.4, -0.2) is 70.2 Å². The Morgan fingerprint density at radius 3 is 2.67 bits per heavy atom. The van der Waals surface area contributed by atoms with Gasteiger partial charge in [0.2, 0.25) is 11.8 Å². The lowest BCUT2D eigenvalue weighted by atomic mass is 10.0. The highest BCUT2D eigenvalue weighted by Crippen LogP contribution is 2.45. The van der Waals surface area contributed by atoms with E-state index in [1.807, 2.05) is 66.7 Å². The number of halogens is 1. The molecule has 2 aliphatic heterocycles. The van der Waals surface area contributed by atoms with Crippen LogP contribution in [0.3, 0.4) is 0 Å². The van der Waals surface area contributed by atoms with Gasteiger partial charge in [0.05, 0.1) is 24.9 Å². The van der Waals surface area contributed by atoms with Gasteiger partial charge in [0.15, 0.2) is 0 Å². The van der Waals surface area contributed by atoms with E-state index in [0.717, 1.165) is 36.6 Å². The van der Waals surface area contributed by atoms with Crippen molar-refractivity contribution >= 4 is 34.4 Å². The Kier molecular flexibility index (Phi) is 9.62. The Morgan fingerprint density at radius 2 is 1.88 bits per heavy atom. The summed E-state index contributed by atoms with van der Waals surface area (Å²) in [6, 6.07) is 21.3. The minimum absolute atomic E-state index is 0.0856. The van der Waals surface area contributed by atoms with E-state index in [2.05, 4.69) is 10.6 Å². The lowest BCUT2D eigenvalue weighted by molar-refractivity contribution is -0.145. The normalized spacial score (nSPS) is 25.8. The van der Waals surface area contributed by atoms with Crippen molar-refractivity contribution in [1.82, 2.24) is 15.2 Å². The minimum Gasteiger partial charge on any atom is -0.497 e. The maximum atomic E-state index is 14.5. The number of ether oxygens (including phenoxy) is 2. The zero-order valence-corrected chi connectivity index (χ0v) is 28.4. The van der Waals surface area contributed by atoms with Crippen LogP contribution in [-0.2, 0) is 14.4 Å². The third-order valence-corrected chi connectivity index (χ3v) is 10.1. The van der Waals surface area contributed by atoms with Gasteiger partial charge in [0.25, 0.3) is 0 Å². The molecule has 2 fully saturated rings. The molecule has 0 radical (unpaired) electrons. The van der Waals surface area contributed by atoms with Crippen LogP contribution in [0.1, 0.15) is 44.9 Å². The molecule has 3 heterocycles. The highest BCUT2D eigenvalue weighted by Gasteiger charge is 2.61. The van der Waals surface area contributed by atoms with Crippen LogP contribution in [0, 0.1) is 11.7 Å². The van der Waals surface area contributed by atoms with Crippen molar-refractivity contribution in [1.29, 1.82) is 0 Å². The summed E-state index contributed by atoms with van der Waals surface area (Å²) in [5.74, 6) is -1.57. The standard InChI is InChI=1S/C40H41FN4O6/c1-50-29-17-18-31-34(20-29)43-33(25-11-6-5-7-12-25)22-36(31)51-30-21-35-37(46)44-40(39(48)49)23-26(40)13-8-3-2-4-9-16-32(38(47)45(35)24-30)42-28-15-10-14-27(41)19-28/h5-8,10-15,17-20,22,26,30,32,35,42H,2-4,9,16,21,23-24H2,1H3,(H,44,46)(H,48,49)/b13-8-/t26-,30-,32+,35+,40-/m1/s1. The highest BCUT2D eigenvalue weighted by molar-refractivity contribution is 5.96. The second-order valence-corrected chi connectivity index (χ2v) is 13.6. The number of hydrogen-bond acceptors (Lipinski definition) is 7.